The van der Waals surface area contributed by atoms with E-state index in [1.54, 1.807) is 40.8 Å². The summed E-state index contributed by atoms with van der Waals surface area (Å²) in [6.07, 6.45) is 7.85. The highest BCUT2D eigenvalue weighted by Crippen LogP contribution is 2.39. The second-order valence-electron chi connectivity index (χ2n) is 14.6. The lowest BCUT2D eigenvalue weighted by Crippen LogP contribution is -2.41. The summed E-state index contributed by atoms with van der Waals surface area (Å²) in [6.45, 7) is 10.3. The Labute approximate surface area is 292 Å². The first-order chi connectivity index (χ1) is 23.8. The Kier molecular flexibility index (Phi) is 9.87. The minimum atomic E-state index is -0.530. The average Bonchev–Trinajstić information content (AvgIpc) is 3.78. The fourth-order valence-corrected chi connectivity index (χ4v) is 6.99. The molecule has 2 aromatic carbocycles. The predicted octanol–water partition coefficient (Wildman–Crippen LogP) is 7.00. The van der Waals surface area contributed by atoms with Gasteiger partial charge >= 0.3 is 6.09 Å². The van der Waals surface area contributed by atoms with Crippen LogP contribution in [0.3, 0.4) is 0 Å². The smallest absolute Gasteiger partial charge is 0.410 e. The molecule has 2 aliphatic rings. The van der Waals surface area contributed by atoms with Crippen molar-refractivity contribution < 1.29 is 23.5 Å². The Balaban J connectivity index is 1.30. The number of nitrogens with zero attached hydrogens (tertiary/aromatic N) is 5. The molecule has 3 amide bonds. The van der Waals surface area contributed by atoms with Gasteiger partial charge in [-0.3, -0.25) is 14.3 Å². The maximum Gasteiger partial charge on any atom is 0.410 e. The monoisotopic (exact) mass is 682 g/mol. The quantitative estimate of drug-likeness (QED) is 0.226. The van der Waals surface area contributed by atoms with Gasteiger partial charge in [-0.1, -0.05) is 24.3 Å². The molecule has 0 saturated carbocycles. The van der Waals surface area contributed by atoms with Crippen molar-refractivity contribution in [2.24, 2.45) is 0 Å². The maximum atomic E-state index is 16.5. The first-order valence-electron chi connectivity index (χ1n) is 17.4. The molecule has 4 heterocycles. The molecule has 0 spiro atoms. The molecule has 0 unspecified atom stereocenters. The maximum absolute atomic E-state index is 16.5. The number of aromatic nitrogens is 3. The van der Waals surface area contributed by atoms with Gasteiger partial charge in [0.25, 0.3) is 5.91 Å². The van der Waals surface area contributed by atoms with E-state index in [4.69, 9.17) is 4.74 Å². The largest absolute Gasteiger partial charge is 0.444 e. The van der Waals surface area contributed by atoms with Crippen LogP contribution >= 0.6 is 0 Å². The van der Waals surface area contributed by atoms with E-state index in [-0.39, 0.29) is 23.4 Å². The summed E-state index contributed by atoms with van der Waals surface area (Å²) in [6, 6.07) is 11.8. The van der Waals surface area contributed by atoms with Crippen molar-refractivity contribution in [1.82, 2.24) is 29.5 Å². The van der Waals surface area contributed by atoms with Gasteiger partial charge in [-0.15, -0.1) is 0 Å². The van der Waals surface area contributed by atoms with Gasteiger partial charge in [0.2, 0.25) is 5.91 Å². The number of nitrogens with one attached hydrogen (secondary N) is 1. The topological polar surface area (TPSA) is 104 Å². The van der Waals surface area contributed by atoms with Crippen LogP contribution in [0.15, 0.2) is 54.9 Å². The molecule has 0 aliphatic carbocycles. The molecule has 6 rings (SSSR count). The summed E-state index contributed by atoms with van der Waals surface area (Å²) in [5.74, 6) is -0.394. The van der Waals surface area contributed by atoms with Crippen LogP contribution in [-0.4, -0.2) is 93.2 Å². The lowest BCUT2D eigenvalue weighted by atomic mass is 9.86. The van der Waals surface area contributed by atoms with Crippen LogP contribution in [0.2, 0.25) is 0 Å². The lowest BCUT2D eigenvalue weighted by Gasteiger charge is -2.33. The molecule has 0 atom stereocenters. The van der Waals surface area contributed by atoms with Crippen LogP contribution in [0.1, 0.15) is 79.6 Å². The number of piperidine rings is 1. The molecule has 1 N–H and O–H groups in total. The second kappa shape index (κ2) is 14.1. The molecule has 264 valence electrons. The molecular weight excluding hydrogens is 635 g/mol. The van der Waals surface area contributed by atoms with Crippen molar-refractivity contribution in [1.29, 1.82) is 0 Å². The molecule has 11 heteroatoms. The zero-order valence-corrected chi connectivity index (χ0v) is 29.9. The number of amides is 3. The Bertz CT molecular complexity index is 1930. The van der Waals surface area contributed by atoms with Crippen LogP contribution in [0.4, 0.5) is 9.18 Å². The van der Waals surface area contributed by atoms with Gasteiger partial charge in [0.15, 0.2) is 5.82 Å². The van der Waals surface area contributed by atoms with Crippen molar-refractivity contribution in [2.75, 3.05) is 40.3 Å². The zero-order valence-electron chi connectivity index (χ0n) is 29.9. The zero-order chi connectivity index (χ0) is 35.7. The van der Waals surface area contributed by atoms with Crippen molar-refractivity contribution in [3.8, 4) is 11.1 Å². The highest BCUT2D eigenvalue weighted by molar-refractivity contribution is 6.05. The number of aryl methyl sites for hydroxylation is 2. The van der Waals surface area contributed by atoms with Gasteiger partial charge in [0.1, 0.15) is 11.3 Å². The number of rotatable bonds is 7. The summed E-state index contributed by atoms with van der Waals surface area (Å²) in [7, 11) is 3.34. The van der Waals surface area contributed by atoms with Gasteiger partial charge in [0.05, 0.1) is 5.52 Å². The number of aromatic amines is 1. The highest BCUT2D eigenvalue weighted by Gasteiger charge is 2.29. The van der Waals surface area contributed by atoms with Gasteiger partial charge in [0, 0.05) is 76.6 Å². The number of hydrogen-bond acceptors (Lipinski definition) is 5. The number of benzene rings is 2. The summed E-state index contributed by atoms with van der Waals surface area (Å²) in [4.78, 5) is 47.0. The van der Waals surface area contributed by atoms with Crippen LogP contribution in [0.25, 0.3) is 27.6 Å². The molecule has 4 aromatic rings. The molecule has 2 aromatic heterocycles. The van der Waals surface area contributed by atoms with E-state index in [0.29, 0.717) is 68.1 Å². The standard InChI is InChI=1S/C39H47FN6O4/c1-25-21-27(26-12-18-44(19-13-26)38(49)50-39(2,3)4)10-11-29(25)31-22-30(35(40)36-32(31)23-33(42-36)37(48)43(5)6)28-9-7-16-45(24-28)34(47)14-20-46-17-8-15-41-46/h8-11,15,17,21-23,26,42H,7,12-14,16,18-20,24H2,1-6H3. The highest BCUT2D eigenvalue weighted by atomic mass is 19.1. The summed E-state index contributed by atoms with van der Waals surface area (Å²) in [5, 5.41) is 4.82. The van der Waals surface area contributed by atoms with E-state index in [1.165, 1.54) is 10.5 Å². The number of hydrogen-bond donors (Lipinski definition) is 1. The summed E-state index contributed by atoms with van der Waals surface area (Å²) < 4.78 is 23.8. The van der Waals surface area contributed by atoms with Crippen molar-refractivity contribution in [3.63, 3.8) is 0 Å². The average molecular weight is 683 g/mol. The molecule has 1 saturated heterocycles. The van der Waals surface area contributed by atoms with Crippen molar-refractivity contribution >= 4 is 34.4 Å². The van der Waals surface area contributed by atoms with Gasteiger partial charge in [-0.2, -0.15) is 5.10 Å². The van der Waals surface area contributed by atoms with E-state index >= 15 is 4.39 Å². The van der Waals surface area contributed by atoms with E-state index in [2.05, 4.69) is 35.2 Å². The molecule has 0 radical (unpaired) electrons. The third kappa shape index (κ3) is 7.46. The number of ether oxygens (including phenoxy) is 1. The first kappa shape index (κ1) is 34.9. The fourth-order valence-electron chi connectivity index (χ4n) is 6.99. The van der Waals surface area contributed by atoms with Gasteiger partial charge in [-0.25, -0.2) is 9.18 Å². The molecular formula is C39H47FN6O4. The fraction of sp³-hybridized carbons (Fsp3) is 0.436. The number of carbonyl (C=O) groups is 3. The third-order valence-electron chi connectivity index (χ3n) is 9.61. The van der Waals surface area contributed by atoms with E-state index in [1.807, 2.05) is 45.2 Å². The van der Waals surface area contributed by atoms with Crippen molar-refractivity contribution in [3.05, 3.63) is 83.1 Å². The van der Waals surface area contributed by atoms with Crippen LogP contribution in [-0.2, 0) is 16.1 Å². The normalized spacial score (nSPS) is 15.7. The Hall–Kier alpha value is -4.93. The molecule has 2 aliphatic heterocycles. The molecule has 0 bridgehead atoms. The van der Waals surface area contributed by atoms with Gasteiger partial charge < -0.3 is 24.4 Å². The number of fused-ring (bicyclic) bond motifs is 1. The lowest BCUT2D eigenvalue weighted by molar-refractivity contribution is -0.131. The van der Waals surface area contributed by atoms with Crippen LogP contribution in [0, 0.1) is 12.7 Å². The van der Waals surface area contributed by atoms with Crippen LogP contribution in [0.5, 0.6) is 0 Å². The number of carbonyl (C=O) groups excluding carboxylic acids is 3. The van der Waals surface area contributed by atoms with E-state index < -0.39 is 11.4 Å². The minimum absolute atomic E-state index is 0.00471. The summed E-state index contributed by atoms with van der Waals surface area (Å²) in [5.41, 5.74) is 5.19. The van der Waals surface area contributed by atoms with Crippen LogP contribution < -0.4 is 0 Å². The number of halogens is 1. The molecule has 1 fully saturated rings. The van der Waals surface area contributed by atoms with Crippen molar-refractivity contribution in [2.45, 2.75) is 71.4 Å². The van der Waals surface area contributed by atoms with E-state index in [9.17, 15) is 14.4 Å². The third-order valence-corrected chi connectivity index (χ3v) is 9.61. The van der Waals surface area contributed by atoms with E-state index in [0.717, 1.165) is 35.1 Å². The molecule has 50 heavy (non-hydrogen) atoms. The van der Waals surface area contributed by atoms with Gasteiger partial charge in [-0.05, 0) is 98.9 Å². The Morgan fingerprint density at radius 1 is 1.02 bits per heavy atom. The SMILES string of the molecule is Cc1cc(C2CCN(C(=O)OC(C)(C)C)CC2)ccc1-c1cc(C2=CCCN(C(=O)CCn3cccn3)C2)c(F)c2[nH]c(C(=O)N(C)C)cc12. The first-order valence-corrected chi connectivity index (χ1v) is 17.4. The Morgan fingerprint density at radius 2 is 1.78 bits per heavy atom. The minimum Gasteiger partial charge on any atom is -0.444 e. The molecule has 10 nitrogen and oxygen atoms in total. The summed E-state index contributed by atoms with van der Waals surface area (Å²) >= 11 is 0. The predicted molar refractivity (Wildman–Crippen MR) is 192 cm³/mol. The second-order valence-corrected chi connectivity index (χ2v) is 14.6. The number of H-pyrrole nitrogens is 1. The Morgan fingerprint density at radius 3 is 2.44 bits per heavy atom. The number of likely N-dealkylation sites (tertiary alicyclic amines) is 1.